The van der Waals surface area contributed by atoms with Crippen LogP contribution in [0, 0.1) is 6.92 Å². The van der Waals surface area contributed by atoms with Crippen LogP contribution in [0.5, 0.6) is 0 Å². The first-order chi connectivity index (χ1) is 10.5. The number of amides is 1. The third-order valence-corrected chi connectivity index (χ3v) is 3.05. The molecule has 0 aliphatic rings. The molecule has 0 radical (unpaired) electrons. The summed E-state index contributed by atoms with van der Waals surface area (Å²) in [7, 11) is 0. The zero-order valence-electron chi connectivity index (χ0n) is 11.5. The molecule has 1 amide bonds. The third-order valence-electron chi connectivity index (χ3n) is 3.05. The first-order valence-electron chi connectivity index (χ1n) is 6.40. The average molecular weight is 297 g/mol. The number of aromatic carboxylic acids is 1. The standard InChI is InChI=1S/C15H11N3O4/c1-8-17-12(7-22-8)14(19)18-11-6-10(15(20)21)5-9-3-2-4-16-13(9)11/h2-7H,1H3,(H,18,19)(H,20,21). The van der Waals surface area contributed by atoms with Crippen LogP contribution in [0.15, 0.2) is 41.1 Å². The number of hydrogen-bond acceptors (Lipinski definition) is 5. The van der Waals surface area contributed by atoms with E-state index in [0.29, 0.717) is 22.5 Å². The second-order valence-corrected chi connectivity index (χ2v) is 4.61. The van der Waals surface area contributed by atoms with Crippen molar-refractivity contribution < 1.29 is 19.1 Å². The summed E-state index contributed by atoms with van der Waals surface area (Å²) < 4.78 is 4.99. The van der Waals surface area contributed by atoms with Gasteiger partial charge in [-0.1, -0.05) is 6.07 Å². The predicted octanol–water partition coefficient (Wildman–Crippen LogP) is 2.48. The molecule has 3 aromatic rings. The van der Waals surface area contributed by atoms with Crippen molar-refractivity contribution in [1.82, 2.24) is 9.97 Å². The number of nitrogens with one attached hydrogen (secondary N) is 1. The predicted molar refractivity (Wildman–Crippen MR) is 77.9 cm³/mol. The lowest BCUT2D eigenvalue weighted by Gasteiger charge is -2.08. The summed E-state index contributed by atoms with van der Waals surface area (Å²) in [4.78, 5) is 31.4. The van der Waals surface area contributed by atoms with Crippen molar-refractivity contribution in [3.8, 4) is 0 Å². The Bertz CT molecular complexity index is 885. The van der Waals surface area contributed by atoms with Crippen molar-refractivity contribution in [3.05, 3.63) is 53.9 Å². The van der Waals surface area contributed by atoms with Crippen LogP contribution in [0.25, 0.3) is 10.9 Å². The monoisotopic (exact) mass is 297 g/mol. The Labute approximate surface area is 124 Å². The highest BCUT2D eigenvalue weighted by atomic mass is 16.4. The van der Waals surface area contributed by atoms with E-state index in [9.17, 15) is 9.59 Å². The normalized spacial score (nSPS) is 10.6. The number of rotatable bonds is 3. The zero-order chi connectivity index (χ0) is 15.7. The van der Waals surface area contributed by atoms with Crippen molar-refractivity contribution in [2.45, 2.75) is 6.92 Å². The molecule has 110 valence electrons. The number of anilines is 1. The summed E-state index contributed by atoms with van der Waals surface area (Å²) in [6, 6.07) is 6.29. The van der Waals surface area contributed by atoms with E-state index in [1.54, 1.807) is 25.3 Å². The minimum absolute atomic E-state index is 0.0622. The van der Waals surface area contributed by atoms with Crippen LogP contribution in [0.1, 0.15) is 26.7 Å². The number of aryl methyl sites for hydroxylation is 1. The number of carboxylic acid groups (broad SMARTS) is 1. The van der Waals surface area contributed by atoms with E-state index in [1.165, 1.54) is 18.4 Å². The summed E-state index contributed by atoms with van der Waals surface area (Å²) in [6.45, 7) is 1.62. The van der Waals surface area contributed by atoms with Crippen LogP contribution in [0.2, 0.25) is 0 Å². The number of fused-ring (bicyclic) bond motifs is 1. The number of carboxylic acids is 1. The number of hydrogen-bond donors (Lipinski definition) is 2. The van der Waals surface area contributed by atoms with Crippen molar-refractivity contribution >= 4 is 28.5 Å². The fourth-order valence-corrected chi connectivity index (χ4v) is 2.07. The van der Waals surface area contributed by atoms with Gasteiger partial charge in [0.1, 0.15) is 6.26 Å². The number of nitrogens with zero attached hydrogens (tertiary/aromatic N) is 2. The van der Waals surface area contributed by atoms with Gasteiger partial charge in [-0.05, 0) is 18.2 Å². The van der Waals surface area contributed by atoms with Crippen LogP contribution in [0.4, 0.5) is 5.69 Å². The Morgan fingerprint density at radius 3 is 2.82 bits per heavy atom. The van der Waals surface area contributed by atoms with E-state index < -0.39 is 11.9 Å². The quantitative estimate of drug-likeness (QED) is 0.769. The molecule has 7 nitrogen and oxygen atoms in total. The second-order valence-electron chi connectivity index (χ2n) is 4.61. The van der Waals surface area contributed by atoms with E-state index in [1.807, 2.05) is 0 Å². The van der Waals surface area contributed by atoms with E-state index in [-0.39, 0.29) is 11.3 Å². The first-order valence-corrected chi connectivity index (χ1v) is 6.40. The lowest BCUT2D eigenvalue weighted by molar-refractivity contribution is 0.0696. The highest BCUT2D eigenvalue weighted by molar-refractivity contribution is 6.08. The van der Waals surface area contributed by atoms with Gasteiger partial charge in [0.25, 0.3) is 5.91 Å². The van der Waals surface area contributed by atoms with Gasteiger partial charge in [0, 0.05) is 18.5 Å². The lowest BCUT2D eigenvalue weighted by atomic mass is 10.1. The summed E-state index contributed by atoms with van der Waals surface area (Å²) >= 11 is 0. The van der Waals surface area contributed by atoms with Gasteiger partial charge in [0.05, 0.1) is 16.8 Å². The Kier molecular flexibility index (Phi) is 3.30. The largest absolute Gasteiger partial charge is 0.478 e. The topological polar surface area (TPSA) is 105 Å². The highest BCUT2D eigenvalue weighted by Gasteiger charge is 2.15. The highest BCUT2D eigenvalue weighted by Crippen LogP contribution is 2.24. The van der Waals surface area contributed by atoms with Crippen LogP contribution in [-0.2, 0) is 0 Å². The van der Waals surface area contributed by atoms with E-state index in [2.05, 4.69) is 15.3 Å². The number of benzene rings is 1. The van der Waals surface area contributed by atoms with Crippen molar-refractivity contribution in [1.29, 1.82) is 0 Å². The van der Waals surface area contributed by atoms with Crippen LogP contribution in [-0.4, -0.2) is 27.0 Å². The molecular formula is C15H11N3O4. The molecule has 1 aromatic carbocycles. The van der Waals surface area contributed by atoms with Gasteiger partial charge in [-0.3, -0.25) is 9.78 Å². The number of pyridine rings is 1. The zero-order valence-corrected chi connectivity index (χ0v) is 11.5. The van der Waals surface area contributed by atoms with E-state index >= 15 is 0 Å². The van der Waals surface area contributed by atoms with Crippen molar-refractivity contribution in [3.63, 3.8) is 0 Å². The van der Waals surface area contributed by atoms with Gasteiger partial charge in [-0.2, -0.15) is 0 Å². The molecule has 0 saturated heterocycles. The molecule has 2 heterocycles. The third kappa shape index (κ3) is 2.51. The van der Waals surface area contributed by atoms with Crippen LogP contribution >= 0.6 is 0 Å². The van der Waals surface area contributed by atoms with Crippen LogP contribution < -0.4 is 5.32 Å². The van der Waals surface area contributed by atoms with Gasteiger partial charge in [0.15, 0.2) is 11.6 Å². The SMILES string of the molecule is Cc1nc(C(=O)Nc2cc(C(=O)O)cc3cccnc23)co1. The number of aromatic nitrogens is 2. The Balaban J connectivity index is 2.05. The maximum atomic E-state index is 12.1. The molecule has 2 N–H and O–H groups in total. The Hall–Kier alpha value is -3.22. The molecular weight excluding hydrogens is 286 g/mol. The van der Waals surface area contributed by atoms with E-state index in [4.69, 9.17) is 9.52 Å². The van der Waals surface area contributed by atoms with Gasteiger partial charge < -0.3 is 14.8 Å². The number of oxazole rings is 1. The lowest BCUT2D eigenvalue weighted by Crippen LogP contribution is -2.13. The molecule has 0 fully saturated rings. The second kappa shape index (κ2) is 5.28. The molecule has 0 aliphatic heterocycles. The maximum absolute atomic E-state index is 12.1. The number of carbonyl (C=O) groups is 2. The summed E-state index contributed by atoms with van der Waals surface area (Å²) in [5.74, 6) is -1.21. The Morgan fingerprint density at radius 2 is 2.14 bits per heavy atom. The van der Waals surface area contributed by atoms with Crippen molar-refractivity contribution in [2.75, 3.05) is 5.32 Å². The molecule has 2 aromatic heterocycles. The van der Waals surface area contributed by atoms with E-state index in [0.717, 1.165) is 0 Å². The molecule has 0 unspecified atom stereocenters. The van der Waals surface area contributed by atoms with Crippen LogP contribution in [0.3, 0.4) is 0 Å². The van der Waals surface area contributed by atoms with Gasteiger partial charge in [-0.15, -0.1) is 0 Å². The number of carbonyl (C=O) groups excluding carboxylic acids is 1. The minimum Gasteiger partial charge on any atom is -0.478 e. The molecule has 0 saturated carbocycles. The fraction of sp³-hybridized carbons (Fsp3) is 0.0667. The molecule has 7 heteroatoms. The molecule has 0 atom stereocenters. The van der Waals surface area contributed by atoms with Crippen molar-refractivity contribution in [2.24, 2.45) is 0 Å². The van der Waals surface area contributed by atoms with Gasteiger partial charge in [-0.25, -0.2) is 9.78 Å². The summed E-state index contributed by atoms with van der Waals surface area (Å²) in [5.41, 5.74) is 0.983. The smallest absolute Gasteiger partial charge is 0.335 e. The summed E-state index contributed by atoms with van der Waals surface area (Å²) in [5, 5.41) is 12.4. The molecule has 0 bridgehead atoms. The Morgan fingerprint density at radius 1 is 1.32 bits per heavy atom. The first kappa shape index (κ1) is 13.7. The minimum atomic E-state index is -1.08. The maximum Gasteiger partial charge on any atom is 0.335 e. The molecule has 0 spiro atoms. The molecule has 3 rings (SSSR count). The van der Waals surface area contributed by atoms with Gasteiger partial charge >= 0.3 is 5.97 Å². The molecule has 22 heavy (non-hydrogen) atoms. The average Bonchev–Trinajstić information content (AvgIpc) is 2.93. The fourth-order valence-electron chi connectivity index (χ4n) is 2.07. The van der Waals surface area contributed by atoms with Gasteiger partial charge in [0.2, 0.25) is 0 Å². The molecule has 0 aliphatic carbocycles. The summed E-state index contributed by atoms with van der Waals surface area (Å²) in [6.07, 6.45) is 2.81.